The number of ether oxygens (including phenoxy) is 1. The van der Waals surface area contributed by atoms with E-state index in [0.29, 0.717) is 17.5 Å². The maximum absolute atomic E-state index is 12.5. The molecule has 0 N–H and O–H groups in total. The van der Waals surface area contributed by atoms with E-state index in [1.54, 1.807) is 64.1 Å². The SMILES string of the molecule is CCC(C)(OC(=O)OOC(C)(C)C)c1ccc(C(=O)c2ccccc2)cc1. The molecule has 0 radical (unpaired) electrons. The maximum Gasteiger partial charge on any atom is 0.541 e. The lowest BCUT2D eigenvalue weighted by Crippen LogP contribution is -2.30. The zero-order chi connectivity index (χ0) is 20.1. The molecule has 0 saturated carbocycles. The second kappa shape index (κ2) is 8.35. The van der Waals surface area contributed by atoms with Crippen molar-refractivity contribution in [1.29, 1.82) is 0 Å². The monoisotopic (exact) mass is 370 g/mol. The van der Waals surface area contributed by atoms with Gasteiger partial charge in [-0.2, -0.15) is 4.89 Å². The van der Waals surface area contributed by atoms with Gasteiger partial charge in [-0.25, -0.2) is 4.79 Å². The van der Waals surface area contributed by atoms with Crippen molar-refractivity contribution in [2.24, 2.45) is 0 Å². The van der Waals surface area contributed by atoms with E-state index in [9.17, 15) is 9.59 Å². The average Bonchev–Trinajstić information content (AvgIpc) is 2.66. The Hall–Kier alpha value is -2.66. The Balaban J connectivity index is 2.12. The number of carbonyl (C=O) groups is 2. The van der Waals surface area contributed by atoms with E-state index in [2.05, 4.69) is 0 Å². The fourth-order valence-corrected chi connectivity index (χ4v) is 2.43. The summed E-state index contributed by atoms with van der Waals surface area (Å²) in [5.41, 5.74) is 0.445. The number of hydrogen-bond acceptors (Lipinski definition) is 5. The molecule has 0 aromatic heterocycles. The largest absolute Gasteiger partial charge is 0.541 e. The summed E-state index contributed by atoms with van der Waals surface area (Å²) in [4.78, 5) is 34.2. The van der Waals surface area contributed by atoms with Crippen LogP contribution in [0.4, 0.5) is 4.79 Å². The molecule has 0 fully saturated rings. The van der Waals surface area contributed by atoms with E-state index in [0.717, 1.165) is 5.56 Å². The molecule has 2 aromatic rings. The molecule has 0 aliphatic rings. The van der Waals surface area contributed by atoms with Crippen LogP contribution in [-0.2, 0) is 20.1 Å². The minimum atomic E-state index is -0.904. The molecule has 5 heteroatoms. The first-order valence-electron chi connectivity index (χ1n) is 8.93. The summed E-state index contributed by atoms with van der Waals surface area (Å²) < 4.78 is 5.48. The molecule has 27 heavy (non-hydrogen) atoms. The van der Waals surface area contributed by atoms with E-state index in [1.807, 2.05) is 25.1 Å². The van der Waals surface area contributed by atoms with E-state index >= 15 is 0 Å². The van der Waals surface area contributed by atoms with Crippen LogP contribution < -0.4 is 0 Å². The van der Waals surface area contributed by atoms with E-state index < -0.39 is 17.4 Å². The van der Waals surface area contributed by atoms with Gasteiger partial charge in [-0.15, -0.1) is 0 Å². The summed E-state index contributed by atoms with van der Waals surface area (Å²) in [6.45, 7) is 8.99. The summed E-state index contributed by atoms with van der Waals surface area (Å²) in [6, 6.07) is 16.1. The lowest BCUT2D eigenvalue weighted by atomic mass is 9.91. The van der Waals surface area contributed by atoms with Gasteiger partial charge in [0.15, 0.2) is 5.78 Å². The molecule has 0 aliphatic heterocycles. The summed E-state index contributed by atoms with van der Waals surface area (Å²) in [6.07, 6.45) is -0.373. The van der Waals surface area contributed by atoms with Crippen LogP contribution in [0.15, 0.2) is 54.6 Å². The molecular formula is C22H26O5. The highest BCUT2D eigenvalue weighted by Gasteiger charge is 2.31. The quantitative estimate of drug-likeness (QED) is 0.294. The summed E-state index contributed by atoms with van der Waals surface area (Å²) in [7, 11) is 0. The van der Waals surface area contributed by atoms with Gasteiger partial charge in [-0.3, -0.25) is 9.68 Å². The van der Waals surface area contributed by atoms with Gasteiger partial charge in [0.25, 0.3) is 0 Å². The Morgan fingerprint density at radius 2 is 1.41 bits per heavy atom. The van der Waals surface area contributed by atoms with Gasteiger partial charge in [0.2, 0.25) is 0 Å². The Kier molecular flexibility index (Phi) is 6.39. The number of hydrogen-bond donors (Lipinski definition) is 0. The fraction of sp³-hybridized carbons (Fsp3) is 0.364. The second-order valence-electron chi connectivity index (χ2n) is 7.49. The highest BCUT2D eigenvalue weighted by Crippen LogP contribution is 2.30. The van der Waals surface area contributed by atoms with E-state index in [-0.39, 0.29) is 5.78 Å². The van der Waals surface area contributed by atoms with Crippen LogP contribution in [0.5, 0.6) is 0 Å². The van der Waals surface area contributed by atoms with E-state index in [4.69, 9.17) is 14.5 Å². The standard InChI is InChI=1S/C22H26O5/c1-6-22(5,25-20(24)26-27-21(2,3)4)18-14-12-17(13-15-18)19(23)16-10-8-7-9-11-16/h7-15H,6H2,1-5H3. The van der Waals surface area contributed by atoms with Crippen molar-refractivity contribution < 1.29 is 24.1 Å². The molecule has 0 heterocycles. The van der Waals surface area contributed by atoms with Crippen LogP contribution in [0, 0.1) is 0 Å². The number of benzene rings is 2. The molecule has 0 bridgehead atoms. The van der Waals surface area contributed by atoms with Crippen LogP contribution in [-0.4, -0.2) is 17.5 Å². The van der Waals surface area contributed by atoms with Crippen molar-refractivity contribution in [2.45, 2.75) is 52.2 Å². The second-order valence-corrected chi connectivity index (χ2v) is 7.49. The van der Waals surface area contributed by atoms with Crippen molar-refractivity contribution in [3.05, 3.63) is 71.3 Å². The first kappa shape index (κ1) is 20.6. The molecule has 0 saturated heterocycles. The predicted octanol–water partition coefficient (Wildman–Crippen LogP) is 5.43. The Bertz CT molecular complexity index is 775. The highest BCUT2D eigenvalue weighted by molar-refractivity contribution is 6.08. The Morgan fingerprint density at radius 3 is 1.93 bits per heavy atom. The highest BCUT2D eigenvalue weighted by atomic mass is 17.2. The predicted molar refractivity (Wildman–Crippen MR) is 102 cm³/mol. The Labute approximate surface area is 160 Å². The number of ketones is 1. The summed E-state index contributed by atoms with van der Waals surface area (Å²) >= 11 is 0. The molecule has 1 atom stereocenters. The molecule has 2 rings (SSSR count). The van der Waals surface area contributed by atoms with Crippen LogP contribution in [0.25, 0.3) is 0 Å². The zero-order valence-corrected chi connectivity index (χ0v) is 16.4. The average molecular weight is 370 g/mol. The molecule has 5 nitrogen and oxygen atoms in total. The zero-order valence-electron chi connectivity index (χ0n) is 16.4. The molecule has 1 unspecified atom stereocenters. The lowest BCUT2D eigenvalue weighted by molar-refractivity contribution is -0.317. The fourth-order valence-electron chi connectivity index (χ4n) is 2.43. The minimum Gasteiger partial charge on any atom is -0.421 e. The molecular weight excluding hydrogens is 344 g/mol. The summed E-state index contributed by atoms with van der Waals surface area (Å²) in [5.74, 6) is -0.0562. The van der Waals surface area contributed by atoms with Gasteiger partial charge in [-0.05, 0) is 39.7 Å². The third-order valence-electron chi connectivity index (χ3n) is 4.14. The first-order valence-corrected chi connectivity index (χ1v) is 8.93. The van der Waals surface area contributed by atoms with Crippen LogP contribution in [0.3, 0.4) is 0 Å². The van der Waals surface area contributed by atoms with Crippen molar-refractivity contribution >= 4 is 11.9 Å². The van der Waals surface area contributed by atoms with Gasteiger partial charge in [0, 0.05) is 11.1 Å². The van der Waals surface area contributed by atoms with Crippen LogP contribution >= 0.6 is 0 Å². The molecule has 2 aromatic carbocycles. The normalized spacial score (nSPS) is 13.5. The van der Waals surface area contributed by atoms with Gasteiger partial charge >= 0.3 is 6.16 Å². The Morgan fingerprint density at radius 1 is 0.852 bits per heavy atom. The maximum atomic E-state index is 12.5. The molecule has 0 aliphatic carbocycles. The number of rotatable bonds is 6. The van der Waals surface area contributed by atoms with E-state index in [1.165, 1.54) is 0 Å². The van der Waals surface area contributed by atoms with Crippen LogP contribution in [0.1, 0.15) is 62.5 Å². The molecule has 144 valence electrons. The van der Waals surface area contributed by atoms with Crippen molar-refractivity contribution in [1.82, 2.24) is 0 Å². The minimum absolute atomic E-state index is 0.0562. The molecule has 0 spiro atoms. The van der Waals surface area contributed by atoms with Crippen molar-refractivity contribution in [2.75, 3.05) is 0 Å². The van der Waals surface area contributed by atoms with Gasteiger partial charge in [0.05, 0.1) is 0 Å². The number of carbonyl (C=O) groups excluding carboxylic acids is 2. The van der Waals surface area contributed by atoms with Gasteiger partial charge in [0.1, 0.15) is 11.2 Å². The third-order valence-corrected chi connectivity index (χ3v) is 4.14. The first-order chi connectivity index (χ1) is 12.6. The smallest absolute Gasteiger partial charge is 0.421 e. The lowest BCUT2D eigenvalue weighted by Gasteiger charge is -2.28. The third kappa shape index (κ3) is 5.66. The van der Waals surface area contributed by atoms with Gasteiger partial charge in [-0.1, -0.05) is 61.5 Å². The summed E-state index contributed by atoms with van der Waals surface area (Å²) in [5, 5.41) is 0. The van der Waals surface area contributed by atoms with Crippen molar-refractivity contribution in [3.8, 4) is 0 Å². The molecule has 0 amide bonds. The van der Waals surface area contributed by atoms with Crippen LogP contribution in [0.2, 0.25) is 0 Å². The topological polar surface area (TPSA) is 61.8 Å². The van der Waals surface area contributed by atoms with Crippen molar-refractivity contribution in [3.63, 3.8) is 0 Å². The van der Waals surface area contributed by atoms with Gasteiger partial charge < -0.3 is 4.74 Å².